The summed E-state index contributed by atoms with van der Waals surface area (Å²) in [6.45, 7) is 0.919. The topological polar surface area (TPSA) is 63.0 Å². The first-order valence-corrected chi connectivity index (χ1v) is 5.27. The molecule has 1 aromatic carbocycles. The van der Waals surface area contributed by atoms with Crippen molar-refractivity contribution in [1.29, 1.82) is 0 Å². The predicted molar refractivity (Wildman–Crippen MR) is 60.8 cm³/mol. The standard InChI is InChI=1S/C11H13FN4O/c12-9-2-1-3-10(6-9)13-7-11-8-16(4-5-17)15-14-11/h1-3,6,8,13,17H,4-5,7H2. The summed E-state index contributed by atoms with van der Waals surface area (Å²) < 4.78 is 14.5. The Morgan fingerprint density at radius 3 is 3.06 bits per heavy atom. The van der Waals surface area contributed by atoms with E-state index in [1.165, 1.54) is 12.1 Å². The highest BCUT2D eigenvalue weighted by Gasteiger charge is 2.00. The molecule has 0 unspecified atom stereocenters. The number of hydrogen-bond acceptors (Lipinski definition) is 4. The molecular weight excluding hydrogens is 223 g/mol. The lowest BCUT2D eigenvalue weighted by Crippen LogP contribution is -2.02. The van der Waals surface area contributed by atoms with Crippen LogP contribution in [0.25, 0.3) is 0 Å². The number of rotatable bonds is 5. The lowest BCUT2D eigenvalue weighted by atomic mass is 10.3. The number of aromatic nitrogens is 3. The number of nitrogens with zero attached hydrogens (tertiary/aromatic N) is 3. The highest BCUT2D eigenvalue weighted by atomic mass is 19.1. The Bertz CT molecular complexity index is 486. The van der Waals surface area contributed by atoms with Crippen molar-refractivity contribution in [1.82, 2.24) is 15.0 Å². The van der Waals surface area contributed by atoms with Crippen LogP contribution in [-0.4, -0.2) is 26.7 Å². The van der Waals surface area contributed by atoms with Crippen LogP contribution >= 0.6 is 0 Å². The van der Waals surface area contributed by atoms with Gasteiger partial charge in [-0.3, -0.25) is 0 Å². The van der Waals surface area contributed by atoms with E-state index in [4.69, 9.17) is 5.11 Å². The van der Waals surface area contributed by atoms with Crippen LogP contribution in [0.1, 0.15) is 5.69 Å². The second kappa shape index (κ2) is 5.40. The van der Waals surface area contributed by atoms with Crippen LogP contribution in [0.4, 0.5) is 10.1 Å². The first-order valence-electron chi connectivity index (χ1n) is 5.27. The molecule has 0 fully saturated rings. The van der Waals surface area contributed by atoms with Crippen molar-refractivity contribution in [2.24, 2.45) is 0 Å². The van der Waals surface area contributed by atoms with Crippen LogP contribution < -0.4 is 5.32 Å². The van der Waals surface area contributed by atoms with Crippen LogP contribution in [-0.2, 0) is 13.1 Å². The quantitative estimate of drug-likeness (QED) is 0.813. The van der Waals surface area contributed by atoms with Crippen LogP contribution in [0, 0.1) is 5.82 Å². The molecule has 1 aromatic heterocycles. The summed E-state index contributed by atoms with van der Waals surface area (Å²) in [4.78, 5) is 0. The van der Waals surface area contributed by atoms with Gasteiger partial charge < -0.3 is 10.4 Å². The maximum absolute atomic E-state index is 12.9. The van der Waals surface area contributed by atoms with Crippen molar-refractivity contribution in [2.45, 2.75) is 13.1 Å². The molecule has 90 valence electrons. The number of nitrogens with one attached hydrogen (secondary N) is 1. The van der Waals surface area contributed by atoms with Gasteiger partial charge in [-0.15, -0.1) is 5.10 Å². The number of halogens is 1. The van der Waals surface area contributed by atoms with Crippen LogP contribution in [0.2, 0.25) is 0 Å². The van der Waals surface area contributed by atoms with Gasteiger partial charge in [-0.1, -0.05) is 11.3 Å². The van der Waals surface area contributed by atoms with Gasteiger partial charge >= 0.3 is 0 Å². The Labute approximate surface area is 97.9 Å². The monoisotopic (exact) mass is 236 g/mol. The zero-order valence-electron chi connectivity index (χ0n) is 9.17. The molecule has 1 heterocycles. The zero-order valence-corrected chi connectivity index (χ0v) is 9.17. The minimum absolute atomic E-state index is 0.0279. The summed E-state index contributed by atoms with van der Waals surface area (Å²) >= 11 is 0. The first-order chi connectivity index (χ1) is 8.28. The molecule has 2 N–H and O–H groups in total. The summed E-state index contributed by atoms with van der Waals surface area (Å²) in [5.41, 5.74) is 1.43. The second-order valence-corrected chi connectivity index (χ2v) is 3.56. The van der Waals surface area contributed by atoms with Gasteiger partial charge in [0.2, 0.25) is 0 Å². The van der Waals surface area contributed by atoms with E-state index in [1.807, 2.05) is 0 Å². The Hall–Kier alpha value is -1.95. The maximum atomic E-state index is 12.9. The van der Waals surface area contributed by atoms with Crippen molar-refractivity contribution >= 4 is 5.69 Å². The van der Waals surface area contributed by atoms with Crippen molar-refractivity contribution in [3.63, 3.8) is 0 Å². The molecule has 0 bridgehead atoms. The van der Waals surface area contributed by atoms with Crippen LogP contribution in [0.15, 0.2) is 30.5 Å². The highest BCUT2D eigenvalue weighted by molar-refractivity contribution is 5.43. The van der Waals surface area contributed by atoms with Crippen molar-refractivity contribution in [3.8, 4) is 0 Å². The van der Waals surface area contributed by atoms with E-state index in [1.54, 1.807) is 23.0 Å². The third-order valence-electron chi connectivity index (χ3n) is 2.21. The normalized spacial score (nSPS) is 10.5. The number of anilines is 1. The van der Waals surface area contributed by atoms with Gasteiger partial charge in [0.25, 0.3) is 0 Å². The van der Waals surface area contributed by atoms with Gasteiger partial charge in [-0.05, 0) is 18.2 Å². The summed E-state index contributed by atoms with van der Waals surface area (Å²) in [5, 5.41) is 19.5. The van der Waals surface area contributed by atoms with E-state index in [0.29, 0.717) is 18.8 Å². The van der Waals surface area contributed by atoms with Gasteiger partial charge in [-0.25, -0.2) is 9.07 Å². The van der Waals surface area contributed by atoms with Gasteiger partial charge in [0.05, 0.1) is 25.9 Å². The molecule has 0 amide bonds. The fourth-order valence-corrected chi connectivity index (χ4v) is 1.42. The fraction of sp³-hybridized carbons (Fsp3) is 0.273. The fourth-order valence-electron chi connectivity index (χ4n) is 1.42. The van der Waals surface area contributed by atoms with Gasteiger partial charge in [0.15, 0.2) is 0 Å². The van der Waals surface area contributed by atoms with Gasteiger partial charge in [0.1, 0.15) is 11.5 Å². The lowest BCUT2D eigenvalue weighted by Gasteiger charge is -2.03. The highest BCUT2D eigenvalue weighted by Crippen LogP contribution is 2.10. The van der Waals surface area contributed by atoms with E-state index < -0.39 is 0 Å². The molecule has 0 atom stereocenters. The number of hydrogen-bond donors (Lipinski definition) is 2. The average Bonchev–Trinajstić information content (AvgIpc) is 2.75. The minimum atomic E-state index is -0.279. The molecule has 0 radical (unpaired) electrons. The van der Waals surface area contributed by atoms with Crippen molar-refractivity contribution in [3.05, 3.63) is 42.0 Å². The molecule has 2 rings (SSSR count). The molecule has 6 heteroatoms. The summed E-state index contributed by atoms with van der Waals surface area (Å²) in [6.07, 6.45) is 1.74. The molecule has 0 saturated carbocycles. The third-order valence-corrected chi connectivity index (χ3v) is 2.21. The number of benzene rings is 1. The van der Waals surface area contributed by atoms with Crippen molar-refractivity contribution < 1.29 is 9.50 Å². The van der Waals surface area contributed by atoms with Gasteiger partial charge in [0, 0.05) is 5.69 Å². The Morgan fingerprint density at radius 1 is 1.41 bits per heavy atom. The van der Waals surface area contributed by atoms with E-state index in [0.717, 1.165) is 5.69 Å². The number of aliphatic hydroxyl groups excluding tert-OH is 1. The lowest BCUT2D eigenvalue weighted by molar-refractivity contribution is 0.268. The molecule has 0 aliphatic heterocycles. The third kappa shape index (κ3) is 3.25. The van der Waals surface area contributed by atoms with Crippen LogP contribution in [0.3, 0.4) is 0 Å². The SMILES string of the molecule is OCCn1cc(CNc2cccc(F)c2)nn1. The van der Waals surface area contributed by atoms with Gasteiger partial charge in [-0.2, -0.15) is 0 Å². The summed E-state index contributed by atoms with van der Waals surface area (Å²) in [6, 6.07) is 6.22. The van der Waals surface area contributed by atoms with Crippen LogP contribution in [0.5, 0.6) is 0 Å². The Morgan fingerprint density at radius 2 is 2.29 bits per heavy atom. The smallest absolute Gasteiger partial charge is 0.125 e. The predicted octanol–water partition coefficient (Wildman–Crippen LogP) is 1.02. The van der Waals surface area contributed by atoms with E-state index in [2.05, 4.69) is 15.6 Å². The Kier molecular flexibility index (Phi) is 3.66. The molecular formula is C11H13FN4O. The first kappa shape index (κ1) is 11.5. The second-order valence-electron chi connectivity index (χ2n) is 3.56. The molecule has 17 heavy (non-hydrogen) atoms. The average molecular weight is 236 g/mol. The largest absolute Gasteiger partial charge is 0.394 e. The molecule has 0 saturated heterocycles. The van der Waals surface area contributed by atoms with E-state index in [-0.39, 0.29) is 12.4 Å². The molecule has 0 aliphatic carbocycles. The zero-order chi connectivity index (χ0) is 12.1. The van der Waals surface area contributed by atoms with Crippen molar-refractivity contribution in [2.75, 3.05) is 11.9 Å². The van der Waals surface area contributed by atoms with E-state index in [9.17, 15) is 4.39 Å². The molecule has 2 aromatic rings. The minimum Gasteiger partial charge on any atom is -0.394 e. The Balaban J connectivity index is 1.93. The summed E-state index contributed by atoms with van der Waals surface area (Å²) in [5.74, 6) is -0.279. The molecule has 0 spiro atoms. The molecule has 5 nitrogen and oxygen atoms in total. The van der Waals surface area contributed by atoms with E-state index >= 15 is 0 Å². The number of aliphatic hydroxyl groups is 1. The maximum Gasteiger partial charge on any atom is 0.125 e. The molecule has 0 aliphatic rings. The summed E-state index contributed by atoms with van der Waals surface area (Å²) in [7, 11) is 0.